The molecule has 0 aromatic heterocycles. The number of aliphatic hydroxyl groups is 1. The Kier molecular flexibility index (Phi) is 18.9. The Balaban J connectivity index is -0.000000498. The van der Waals surface area contributed by atoms with Crippen LogP contribution in [0.25, 0.3) is 0 Å². The summed E-state index contributed by atoms with van der Waals surface area (Å²) >= 11 is 0. The highest BCUT2D eigenvalue weighted by Gasteiger charge is 2.25. The lowest BCUT2D eigenvalue weighted by molar-refractivity contribution is -0.156. The molecule has 0 amide bonds. The molecule has 0 bridgehead atoms. The maximum Gasteiger partial charge on any atom is 0.313 e. The van der Waals surface area contributed by atoms with Gasteiger partial charge in [-0.05, 0) is 46.8 Å². The van der Waals surface area contributed by atoms with Gasteiger partial charge in [-0.1, -0.05) is 24.3 Å². The van der Waals surface area contributed by atoms with E-state index in [4.69, 9.17) is 26.7 Å². The minimum Gasteiger partial charge on any atom is -0.460 e. The van der Waals surface area contributed by atoms with Gasteiger partial charge in [-0.25, -0.2) is 28.6 Å². The molecular formula is C22H33ClF4N4O3. The van der Waals surface area contributed by atoms with Crippen LogP contribution in [0.3, 0.4) is 0 Å². The third kappa shape index (κ3) is 12.0. The molecule has 0 saturated carbocycles. The number of benzene rings is 2. The van der Waals surface area contributed by atoms with Crippen LogP contribution in [-0.2, 0) is 9.53 Å². The minimum absolute atomic E-state index is 0. The van der Waals surface area contributed by atoms with Crippen molar-refractivity contribution in [1.29, 1.82) is 11.1 Å². The molecule has 0 heterocycles. The van der Waals surface area contributed by atoms with Crippen LogP contribution in [0.2, 0.25) is 0 Å². The smallest absolute Gasteiger partial charge is 0.313 e. The summed E-state index contributed by atoms with van der Waals surface area (Å²) in [4.78, 5) is 11.7. The van der Waals surface area contributed by atoms with Crippen LogP contribution in [0.4, 0.5) is 17.6 Å². The van der Waals surface area contributed by atoms with Crippen LogP contribution in [0.1, 0.15) is 57.7 Å². The number of carbonyl (C=O) groups excluding carboxylic acids is 1. The molecule has 0 aliphatic heterocycles. The van der Waals surface area contributed by atoms with Gasteiger partial charge < -0.3 is 9.84 Å². The first-order chi connectivity index (χ1) is 15.4. The van der Waals surface area contributed by atoms with Gasteiger partial charge >= 0.3 is 5.97 Å². The number of esters is 1. The second-order valence-electron chi connectivity index (χ2n) is 7.43. The van der Waals surface area contributed by atoms with Crippen molar-refractivity contribution in [2.45, 2.75) is 52.2 Å². The van der Waals surface area contributed by atoms with Crippen molar-refractivity contribution in [3.05, 3.63) is 70.8 Å². The molecule has 2 rings (SSSR count). The Morgan fingerprint density at radius 1 is 0.941 bits per heavy atom. The monoisotopic (exact) mass is 512 g/mol. The van der Waals surface area contributed by atoms with Crippen molar-refractivity contribution in [1.82, 2.24) is 5.43 Å². The number of carbonyl (C=O) groups is 1. The van der Waals surface area contributed by atoms with Gasteiger partial charge in [-0.3, -0.25) is 16.1 Å². The Labute approximate surface area is 203 Å². The van der Waals surface area contributed by atoms with Crippen molar-refractivity contribution >= 4 is 18.4 Å². The van der Waals surface area contributed by atoms with Crippen molar-refractivity contribution < 1.29 is 32.2 Å². The molecule has 7 nitrogen and oxygen atoms in total. The van der Waals surface area contributed by atoms with Gasteiger partial charge in [0.2, 0.25) is 0 Å². The average Bonchev–Trinajstić information content (AvgIpc) is 2.78. The van der Waals surface area contributed by atoms with E-state index in [1.54, 1.807) is 27.7 Å². The highest BCUT2D eigenvalue weighted by molar-refractivity contribution is 5.85. The summed E-state index contributed by atoms with van der Waals surface area (Å²) in [5, 5.41) is 7.00. The molecule has 0 fully saturated rings. The summed E-state index contributed by atoms with van der Waals surface area (Å²) in [5.41, 5.74) is 11.9. The largest absolute Gasteiger partial charge is 0.460 e. The SMILES string of the molecule is CC(C(=O)OC(C)(C)C)c1cccc(F)c1F.CC(NN)c1cccc(F)c1F.CO.Cl.N=N. The molecule has 0 aliphatic rings. The first kappa shape index (κ1) is 36.0. The quantitative estimate of drug-likeness (QED) is 0.121. The first-order valence-corrected chi connectivity index (χ1v) is 9.65. The van der Waals surface area contributed by atoms with E-state index in [9.17, 15) is 22.4 Å². The van der Waals surface area contributed by atoms with Crippen molar-refractivity contribution in [3.8, 4) is 0 Å². The van der Waals surface area contributed by atoms with Crippen molar-refractivity contribution in [3.63, 3.8) is 0 Å². The molecule has 0 saturated heterocycles. The Hall–Kier alpha value is -2.60. The fourth-order valence-corrected chi connectivity index (χ4v) is 2.32. The van der Waals surface area contributed by atoms with E-state index in [1.165, 1.54) is 31.2 Å². The molecule has 194 valence electrons. The molecular weight excluding hydrogens is 480 g/mol. The molecule has 6 N–H and O–H groups in total. The second kappa shape index (κ2) is 17.8. The fourth-order valence-electron chi connectivity index (χ4n) is 2.32. The maximum absolute atomic E-state index is 13.5. The van der Waals surface area contributed by atoms with Gasteiger partial charge in [0, 0.05) is 24.3 Å². The molecule has 2 unspecified atom stereocenters. The number of ether oxygens (including phenoxy) is 1. The first-order valence-electron chi connectivity index (χ1n) is 9.65. The van der Waals surface area contributed by atoms with E-state index in [0.29, 0.717) is 0 Å². The zero-order valence-corrected chi connectivity index (χ0v) is 20.7. The summed E-state index contributed by atoms with van der Waals surface area (Å²) < 4.78 is 57.2. The Bertz CT molecular complexity index is 871. The van der Waals surface area contributed by atoms with Crippen LogP contribution < -0.4 is 11.3 Å². The minimum atomic E-state index is -0.995. The maximum atomic E-state index is 13.5. The molecule has 0 aliphatic carbocycles. The number of hydrazine groups is 1. The molecule has 12 heteroatoms. The number of hydrogen-bond acceptors (Lipinski definition) is 7. The zero-order valence-electron chi connectivity index (χ0n) is 19.9. The van der Waals surface area contributed by atoms with Gasteiger partial charge in [-0.15, -0.1) is 12.4 Å². The van der Waals surface area contributed by atoms with Crippen molar-refractivity contribution in [2.75, 3.05) is 7.11 Å². The summed E-state index contributed by atoms with van der Waals surface area (Å²) in [7, 11) is 1.00. The van der Waals surface area contributed by atoms with E-state index in [-0.39, 0.29) is 29.6 Å². The van der Waals surface area contributed by atoms with Crippen molar-refractivity contribution in [2.24, 2.45) is 5.84 Å². The normalized spacial score (nSPS) is 11.5. The van der Waals surface area contributed by atoms with E-state index >= 15 is 0 Å². The summed E-state index contributed by atoms with van der Waals surface area (Å²) in [6.07, 6.45) is 0. The number of rotatable bonds is 4. The second-order valence-corrected chi connectivity index (χ2v) is 7.43. The number of nitrogens with one attached hydrogen (secondary N) is 3. The third-order valence-electron chi connectivity index (χ3n) is 3.91. The van der Waals surface area contributed by atoms with Gasteiger partial charge in [-0.2, -0.15) is 0 Å². The summed E-state index contributed by atoms with van der Waals surface area (Å²) in [5.74, 6) is 0.0360. The van der Waals surface area contributed by atoms with Crippen LogP contribution in [0.15, 0.2) is 36.4 Å². The summed E-state index contributed by atoms with van der Waals surface area (Å²) in [6.45, 7) is 8.31. The number of nitrogens with two attached hydrogens (primary N) is 1. The topological polar surface area (TPSA) is 132 Å². The lowest BCUT2D eigenvalue weighted by atomic mass is 10.00. The van der Waals surface area contributed by atoms with E-state index < -0.39 is 40.8 Å². The van der Waals surface area contributed by atoms with Gasteiger partial charge in [0.15, 0.2) is 23.3 Å². The standard InChI is InChI=1S/C13H16F2O2.C8H10F2N2.CH4O.ClH.H2N2/c1-8(12(16)17-13(2,3)4)9-6-5-7-10(14)11(9)15;1-5(12-11)6-3-2-4-7(9)8(6)10;1-2;;1-2/h5-8H,1-4H3;2-5,12H,11H2,1H3;2H,1H3;1H;1-2H. The van der Waals surface area contributed by atoms with E-state index in [0.717, 1.165) is 19.2 Å². The lowest BCUT2D eigenvalue weighted by Crippen LogP contribution is -2.27. The molecule has 34 heavy (non-hydrogen) atoms. The Morgan fingerprint density at radius 2 is 1.32 bits per heavy atom. The number of hydrogen-bond donors (Lipinski definition) is 5. The van der Waals surface area contributed by atoms with Gasteiger partial charge in [0.05, 0.1) is 5.92 Å². The lowest BCUT2D eigenvalue weighted by Gasteiger charge is -2.22. The highest BCUT2D eigenvalue weighted by atomic mass is 35.5. The van der Waals surface area contributed by atoms with Gasteiger partial charge in [0.1, 0.15) is 5.60 Å². The predicted octanol–water partition coefficient (Wildman–Crippen LogP) is 5.53. The van der Waals surface area contributed by atoms with E-state index in [1.807, 2.05) is 0 Å². The highest BCUT2D eigenvalue weighted by Crippen LogP contribution is 2.24. The van der Waals surface area contributed by atoms with Crippen LogP contribution >= 0.6 is 12.4 Å². The summed E-state index contributed by atoms with van der Waals surface area (Å²) in [6, 6.07) is 7.38. The van der Waals surface area contributed by atoms with Crippen LogP contribution in [0.5, 0.6) is 0 Å². The predicted molar refractivity (Wildman–Crippen MR) is 124 cm³/mol. The zero-order chi connectivity index (χ0) is 26.4. The average molecular weight is 513 g/mol. The third-order valence-corrected chi connectivity index (χ3v) is 3.91. The molecule has 0 spiro atoms. The van der Waals surface area contributed by atoms with Crippen LogP contribution in [-0.4, -0.2) is 23.8 Å². The number of halogens is 5. The van der Waals surface area contributed by atoms with E-state index in [2.05, 4.69) is 5.43 Å². The number of aliphatic hydroxyl groups excluding tert-OH is 1. The molecule has 2 aromatic rings. The fraction of sp³-hybridized carbons (Fsp3) is 0.409. The molecule has 2 atom stereocenters. The van der Waals surface area contributed by atoms with Crippen LogP contribution in [0, 0.1) is 34.3 Å². The Morgan fingerprint density at radius 3 is 1.71 bits per heavy atom. The molecule has 2 aromatic carbocycles. The van der Waals surface area contributed by atoms with Gasteiger partial charge in [0.25, 0.3) is 0 Å². The molecule has 0 radical (unpaired) electrons.